The van der Waals surface area contributed by atoms with Crippen LogP contribution >= 0.6 is 0 Å². The van der Waals surface area contributed by atoms with E-state index in [-0.39, 0.29) is 23.3 Å². The predicted molar refractivity (Wildman–Crippen MR) is 111 cm³/mol. The van der Waals surface area contributed by atoms with Crippen LogP contribution in [-0.4, -0.2) is 27.4 Å². The third-order valence-electron chi connectivity index (χ3n) is 4.94. The average Bonchev–Trinajstić information content (AvgIpc) is 3.00. The van der Waals surface area contributed by atoms with E-state index in [1.54, 1.807) is 0 Å². The molecule has 0 aliphatic carbocycles. The van der Waals surface area contributed by atoms with E-state index in [0.717, 1.165) is 36.2 Å². The second-order valence-electron chi connectivity index (χ2n) is 8.72. The van der Waals surface area contributed by atoms with Crippen LogP contribution < -0.4 is 10.6 Å². The van der Waals surface area contributed by atoms with Gasteiger partial charge in [0, 0.05) is 18.3 Å². The molecule has 0 spiro atoms. The molecule has 0 saturated heterocycles. The third kappa shape index (κ3) is 4.11. The number of fused-ring (bicyclic) bond motifs is 1. The Morgan fingerprint density at radius 3 is 2.50 bits per heavy atom. The van der Waals surface area contributed by atoms with Crippen molar-refractivity contribution in [3.05, 3.63) is 47.0 Å². The first-order valence-electron chi connectivity index (χ1n) is 9.99. The molecule has 1 aliphatic heterocycles. The maximum Gasteiger partial charge on any atom is 0.291 e. The van der Waals surface area contributed by atoms with Crippen molar-refractivity contribution >= 4 is 17.5 Å². The van der Waals surface area contributed by atoms with Gasteiger partial charge in [0.25, 0.3) is 11.8 Å². The van der Waals surface area contributed by atoms with Gasteiger partial charge in [0.1, 0.15) is 5.69 Å². The molecule has 2 aromatic rings. The van der Waals surface area contributed by atoms with Crippen LogP contribution in [0.2, 0.25) is 0 Å². The lowest BCUT2D eigenvalue weighted by Gasteiger charge is -2.23. The van der Waals surface area contributed by atoms with Crippen LogP contribution in [0, 0.1) is 0 Å². The highest BCUT2D eigenvalue weighted by molar-refractivity contribution is 6.04. The van der Waals surface area contributed by atoms with Gasteiger partial charge in [0.05, 0.1) is 5.69 Å². The fourth-order valence-corrected chi connectivity index (χ4v) is 3.65. The second kappa shape index (κ2) is 7.78. The Morgan fingerprint density at radius 2 is 1.82 bits per heavy atom. The molecule has 0 saturated carbocycles. The summed E-state index contributed by atoms with van der Waals surface area (Å²) in [7, 11) is 0. The second-order valence-corrected chi connectivity index (χ2v) is 8.72. The quantitative estimate of drug-likeness (QED) is 0.842. The molecule has 0 unspecified atom stereocenters. The van der Waals surface area contributed by atoms with E-state index < -0.39 is 0 Å². The molecule has 150 valence electrons. The van der Waals surface area contributed by atoms with Crippen LogP contribution in [0.1, 0.15) is 79.8 Å². The summed E-state index contributed by atoms with van der Waals surface area (Å²) in [6.45, 7) is 10.9. The van der Waals surface area contributed by atoms with E-state index >= 15 is 0 Å². The van der Waals surface area contributed by atoms with Crippen LogP contribution in [0.15, 0.2) is 24.3 Å². The standard InChI is InChI=1S/C22H30N4O2/c1-14(2)23-20(27)18-17-12-8-9-13-26(17)19(25-18)21(28)24-16-11-7-6-10-15(16)22(3,4)5/h6-7,10-11,14H,8-9,12-13H2,1-5H3,(H,23,27)(H,24,28). The number of hydrogen-bond acceptors (Lipinski definition) is 3. The van der Waals surface area contributed by atoms with Crippen molar-refractivity contribution in [3.8, 4) is 0 Å². The van der Waals surface area contributed by atoms with Gasteiger partial charge in [-0.25, -0.2) is 4.98 Å². The van der Waals surface area contributed by atoms with Gasteiger partial charge in [-0.3, -0.25) is 9.59 Å². The molecule has 1 aliphatic rings. The Morgan fingerprint density at radius 1 is 1.11 bits per heavy atom. The third-order valence-corrected chi connectivity index (χ3v) is 4.94. The number of benzene rings is 1. The molecule has 3 rings (SSSR count). The maximum absolute atomic E-state index is 13.1. The Labute approximate surface area is 166 Å². The molecule has 6 nitrogen and oxygen atoms in total. The summed E-state index contributed by atoms with van der Waals surface area (Å²) in [5, 5.41) is 5.92. The number of rotatable bonds is 4. The van der Waals surface area contributed by atoms with Crippen molar-refractivity contribution in [3.63, 3.8) is 0 Å². The van der Waals surface area contributed by atoms with Gasteiger partial charge in [0.2, 0.25) is 0 Å². The number of amides is 2. The van der Waals surface area contributed by atoms with Gasteiger partial charge >= 0.3 is 0 Å². The number of nitrogens with one attached hydrogen (secondary N) is 2. The first-order chi connectivity index (χ1) is 13.2. The fourth-order valence-electron chi connectivity index (χ4n) is 3.65. The number of aromatic nitrogens is 2. The maximum atomic E-state index is 13.1. The first-order valence-corrected chi connectivity index (χ1v) is 9.99. The van der Waals surface area contributed by atoms with Gasteiger partial charge in [0.15, 0.2) is 5.82 Å². The number of anilines is 1. The monoisotopic (exact) mass is 382 g/mol. The minimum Gasteiger partial charge on any atom is -0.348 e. The van der Waals surface area contributed by atoms with E-state index in [1.807, 2.05) is 42.7 Å². The molecule has 0 fully saturated rings. The molecule has 2 amide bonds. The van der Waals surface area contributed by atoms with Crippen molar-refractivity contribution < 1.29 is 9.59 Å². The highest BCUT2D eigenvalue weighted by Gasteiger charge is 2.28. The zero-order valence-electron chi connectivity index (χ0n) is 17.4. The van der Waals surface area contributed by atoms with Crippen LogP contribution in [0.5, 0.6) is 0 Å². The summed E-state index contributed by atoms with van der Waals surface area (Å²) < 4.78 is 1.91. The molecule has 6 heteroatoms. The Balaban J connectivity index is 1.95. The normalized spacial score (nSPS) is 13.9. The summed E-state index contributed by atoms with van der Waals surface area (Å²) in [4.78, 5) is 30.2. The van der Waals surface area contributed by atoms with E-state index in [9.17, 15) is 9.59 Å². The van der Waals surface area contributed by atoms with Gasteiger partial charge in [-0.2, -0.15) is 0 Å². The lowest BCUT2D eigenvalue weighted by Crippen LogP contribution is -2.31. The smallest absolute Gasteiger partial charge is 0.291 e. The molecular formula is C22H30N4O2. The molecule has 1 aromatic heterocycles. The van der Waals surface area contributed by atoms with Crippen LogP contribution in [-0.2, 0) is 18.4 Å². The molecule has 2 N–H and O–H groups in total. The number of imidazole rings is 1. The fraction of sp³-hybridized carbons (Fsp3) is 0.500. The summed E-state index contributed by atoms with van der Waals surface area (Å²) in [6.07, 6.45) is 2.74. The van der Waals surface area contributed by atoms with Crippen LogP contribution in [0.4, 0.5) is 5.69 Å². The lowest BCUT2D eigenvalue weighted by atomic mass is 9.86. The Bertz CT molecular complexity index is 890. The van der Waals surface area contributed by atoms with Crippen molar-refractivity contribution in [2.24, 2.45) is 0 Å². The number of hydrogen-bond donors (Lipinski definition) is 2. The largest absolute Gasteiger partial charge is 0.348 e. The highest BCUT2D eigenvalue weighted by Crippen LogP contribution is 2.30. The van der Waals surface area contributed by atoms with Gasteiger partial charge in [-0.15, -0.1) is 0 Å². The predicted octanol–water partition coefficient (Wildman–Crippen LogP) is 3.91. The molecule has 0 atom stereocenters. The summed E-state index contributed by atoms with van der Waals surface area (Å²) in [5.74, 6) is -0.175. The van der Waals surface area contributed by atoms with E-state index in [0.29, 0.717) is 18.1 Å². The zero-order chi connectivity index (χ0) is 20.5. The number of carbonyl (C=O) groups is 2. The number of nitrogens with zero attached hydrogens (tertiary/aromatic N) is 2. The minimum absolute atomic E-state index is 0.0179. The summed E-state index contributed by atoms with van der Waals surface area (Å²) in [6, 6.07) is 7.84. The van der Waals surface area contributed by atoms with Gasteiger partial charge in [-0.1, -0.05) is 39.0 Å². The molecule has 1 aromatic carbocycles. The minimum atomic E-state index is -0.275. The zero-order valence-corrected chi connectivity index (χ0v) is 17.4. The Kier molecular flexibility index (Phi) is 5.59. The van der Waals surface area contributed by atoms with Crippen LogP contribution in [0.25, 0.3) is 0 Å². The van der Waals surface area contributed by atoms with E-state index in [1.165, 1.54) is 0 Å². The molecular weight excluding hydrogens is 352 g/mol. The van der Waals surface area contributed by atoms with Crippen molar-refractivity contribution in [1.29, 1.82) is 0 Å². The SMILES string of the molecule is CC(C)NC(=O)c1nc(C(=O)Nc2ccccc2C(C)(C)C)n2c1CCCC2. The molecule has 0 radical (unpaired) electrons. The Hall–Kier alpha value is -2.63. The molecule has 28 heavy (non-hydrogen) atoms. The average molecular weight is 383 g/mol. The number of carbonyl (C=O) groups excluding carboxylic acids is 2. The molecule has 2 heterocycles. The topological polar surface area (TPSA) is 76.0 Å². The highest BCUT2D eigenvalue weighted by atomic mass is 16.2. The summed E-state index contributed by atoms with van der Waals surface area (Å²) >= 11 is 0. The van der Waals surface area contributed by atoms with Crippen molar-refractivity contribution in [2.45, 2.75) is 71.9 Å². The first kappa shape index (κ1) is 20.1. The van der Waals surface area contributed by atoms with Crippen molar-refractivity contribution in [1.82, 2.24) is 14.9 Å². The van der Waals surface area contributed by atoms with E-state index in [4.69, 9.17) is 0 Å². The van der Waals surface area contributed by atoms with Crippen LogP contribution in [0.3, 0.4) is 0 Å². The van der Waals surface area contributed by atoms with Crippen molar-refractivity contribution in [2.75, 3.05) is 5.32 Å². The van der Waals surface area contributed by atoms with Gasteiger partial charge < -0.3 is 15.2 Å². The van der Waals surface area contributed by atoms with E-state index in [2.05, 4.69) is 36.4 Å². The van der Waals surface area contributed by atoms with Gasteiger partial charge in [-0.05, 0) is 50.2 Å². The number of para-hydroxylation sites is 1. The molecule has 0 bridgehead atoms. The lowest BCUT2D eigenvalue weighted by molar-refractivity contribution is 0.0937. The summed E-state index contributed by atoms with van der Waals surface area (Å²) in [5.41, 5.74) is 2.98.